The fourth-order valence-electron chi connectivity index (χ4n) is 3.50. The van der Waals surface area contributed by atoms with Crippen LogP contribution in [0.15, 0.2) is 24.4 Å². The molecule has 4 rings (SSSR count). The van der Waals surface area contributed by atoms with Crippen molar-refractivity contribution < 1.29 is 19.6 Å². The van der Waals surface area contributed by atoms with Crippen LogP contribution in [0, 0.1) is 17.0 Å². The number of hydrogen-bond donors (Lipinski definition) is 1. The van der Waals surface area contributed by atoms with Gasteiger partial charge >= 0.3 is 5.97 Å². The number of aromatic carboxylic acids is 1. The topological polar surface area (TPSA) is 107 Å². The van der Waals surface area contributed by atoms with Gasteiger partial charge in [-0.05, 0) is 38.0 Å². The van der Waals surface area contributed by atoms with Crippen molar-refractivity contribution in [3.63, 3.8) is 0 Å². The first kappa shape index (κ1) is 17.6. The standard InChI is InChI=1S/C18H17N3O5S/c1-10-16(18(22)23)27-17(19-10)11-2-3-14-13(8-11)15(21(24)25)9-20(14)12-4-6-26-7-5-12/h2-3,8-9,12H,4-7H2,1H3,(H,22,23). The van der Waals surface area contributed by atoms with Crippen molar-refractivity contribution in [2.45, 2.75) is 25.8 Å². The Morgan fingerprint density at radius 1 is 1.41 bits per heavy atom. The molecule has 1 saturated heterocycles. The summed E-state index contributed by atoms with van der Waals surface area (Å²) in [5.74, 6) is -1.02. The summed E-state index contributed by atoms with van der Waals surface area (Å²) in [6, 6.07) is 5.59. The molecule has 0 unspecified atom stereocenters. The van der Waals surface area contributed by atoms with Gasteiger partial charge in [0.1, 0.15) is 9.88 Å². The first-order chi connectivity index (χ1) is 13.0. The summed E-state index contributed by atoms with van der Waals surface area (Å²) in [5, 5.41) is 21.9. The van der Waals surface area contributed by atoms with Crippen LogP contribution in [-0.2, 0) is 4.74 Å². The van der Waals surface area contributed by atoms with Crippen molar-refractivity contribution in [2.24, 2.45) is 0 Å². The molecule has 140 valence electrons. The highest BCUT2D eigenvalue weighted by Gasteiger charge is 2.24. The van der Waals surface area contributed by atoms with E-state index < -0.39 is 5.97 Å². The number of nitrogens with zero attached hydrogens (tertiary/aromatic N) is 3. The molecule has 9 heteroatoms. The number of carboxylic acid groups (broad SMARTS) is 1. The highest BCUT2D eigenvalue weighted by Crippen LogP contribution is 2.37. The summed E-state index contributed by atoms with van der Waals surface area (Å²) in [5.41, 5.74) is 1.96. The van der Waals surface area contributed by atoms with Gasteiger partial charge in [-0.15, -0.1) is 11.3 Å². The lowest BCUT2D eigenvalue weighted by Crippen LogP contribution is -2.18. The van der Waals surface area contributed by atoms with Crippen LogP contribution in [0.4, 0.5) is 5.69 Å². The molecule has 0 amide bonds. The Morgan fingerprint density at radius 3 is 2.78 bits per heavy atom. The van der Waals surface area contributed by atoms with Gasteiger partial charge in [-0.2, -0.15) is 0 Å². The molecular weight excluding hydrogens is 370 g/mol. The van der Waals surface area contributed by atoms with Crippen molar-refractivity contribution in [2.75, 3.05) is 13.2 Å². The van der Waals surface area contributed by atoms with Gasteiger partial charge in [-0.25, -0.2) is 9.78 Å². The lowest BCUT2D eigenvalue weighted by molar-refractivity contribution is -0.383. The first-order valence-electron chi connectivity index (χ1n) is 8.53. The molecule has 0 atom stereocenters. The van der Waals surface area contributed by atoms with E-state index in [1.54, 1.807) is 19.2 Å². The Bertz CT molecular complexity index is 1050. The molecule has 0 aliphatic carbocycles. The quantitative estimate of drug-likeness (QED) is 0.535. The predicted octanol–water partition coefficient (Wildman–Crippen LogP) is 4.03. The van der Waals surface area contributed by atoms with E-state index in [0.29, 0.717) is 34.9 Å². The molecule has 0 bridgehead atoms. The third kappa shape index (κ3) is 3.08. The van der Waals surface area contributed by atoms with Crippen LogP contribution in [0.5, 0.6) is 0 Å². The normalized spacial score (nSPS) is 15.3. The molecule has 1 aliphatic rings. The van der Waals surface area contributed by atoms with Gasteiger partial charge in [0.15, 0.2) is 0 Å². The number of fused-ring (bicyclic) bond motifs is 1. The highest BCUT2D eigenvalue weighted by molar-refractivity contribution is 7.17. The molecule has 27 heavy (non-hydrogen) atoms. The van der Waals surface area contributed by atoms with Gasteiger partial charge in [0.2, 0.25) is 0 Å². The van der Waals surface area contributed by atoms with E-state index in [0.717, 1.165) is 29.7 Å². The highest BCUT2D eigenvalue weighted by atomic mass is 32.1. The maximum atomic E-state index is 11.6. The lowest BCUT2D eigenvalue weighted by atomic mass is 10.1. The molecule has 1 N–H and O–H groups in total. The minimum absolute atomic E-state index is 0.0464. The van der Waals surface area contributed by atoms with E-state index in [1.807, 2.05) is 16.7 Å². The molecule has 0 spiro atoms. The van der Waals surface area contributed by atoms with E-state index >= 15 is 0 Å². The maximum Gasteiger partial charge on any atom is 0.347 e. The molecule has 1 fully saturated rings. The largest absolute Gasteiger partial charge is 0.477 e. The Balaban J connectivity index is 1.84. The fraction of sp³-hybridized carbons (Fsp3) is 0.333. The number of rotatable bonds is 4. The third-order valence-corrected chi connectivity index (χ3v) is 6.03. The van der Waals surface area contributed by atoms with Crippen LogP contribution in [0.2, 0.25) is 0 Å². The molecule has 1 aliphatic heterocycles. The van der Waals surface area contributed by atoms with Crippen LogP contribution in [-0.4, -0.2) is 38.8 Å². The molecule has 3 aromatic rings. The zero-order valence-corrected chi connectivity index (χ0v) is 15.4. The molecule has 0 radical (unpaired) electrons. The van der Waals surface area contributed by atoms with Crippen LogP contribution in [0.3, 0.4) is 0 Å². The molecule has 2 aromatic heterocycles. The van der Waals surface area contributed by atoms with E-state index in [-0.39, 0.29) is 21.5 Å². The zero-order valence-electron chi connectivity index (χ0n) is 14.5. The second kappa shape index (κ2) is 6.75. The fourth-order valence-corrected chi connectivity index (χ4v) is 4.40. The molecule has 1 aromatic carbocycles. The number of thiazole rings is 1. The predicted molar refractivity (Wildman–Crippen MR) is 100 cm³/mol. The van der Waals surface area contributed by atoms with E-state index in [9.17, 15) is 20.0 Å². The van der Waals surface area contributed by atoms with Gasteiger partial charge in [0, 0.05) is 24.8 Å². The van der Waals surface area contributed by atoms with Gasteiger partial charge in [0.05, 0.1) is 27.7 Å². The van der Waals surface area contributed by atoms with Crippen molar-refractivity contribution in [1.29, 1.82) is 0 Å². The molecule has 0 saturated carbocycles. The number of nitro groups is 1. The van der Waals surface area contributed by atoms with E-state index in [4.69, 9.17) is 4.74 Å². The average molecular weight is 387 g/mol. The minimum atomic E-state index is -1.02. The number of carboxylic acids is 1. The first-order valence-corrected chi connectivity index (χ1v) is 9.35. The SMILES string of the molecule is Cc1nc(-c2ccc3c(c2)c([N+](=O)[O-])cn3C2CCOCC2)sc1C(=O)O. The molecule has 3 heterocycles. The van der Waals surface area contributed by atoms with Crippen molar-refractivity contribution in [3.8, 4) is 10.6 Å². The van der Waals surface area contributed by atoms with E-state index in [1.165, 1.54) is 0 Å². The average Bonchev–Trinajstić information content (AvgIpc) is 3.23. The number of ether oxygens (including phenoxy) is 1. The Morgan fingerprint density at radius 2 is 2.15 bits per heavy atom. The van der Waals surface area contributed by atoms with Gasteiger partial charge in [-0.1, -0.05) is 0 Å². The Hall–Kier alpha value is -2.78. The second-order valence-corrected chi connectivity index (χ2v) is 7.49. The summed E-state index contributed by atoms with van der Waals surface area (Å²) in [4.78, 5) is 27.0. The second-order valence-electron chi connectivity index (χ2n) is 6.49. The monoisotopic (exact) mass is 387 g/mol. The van der Waals surface area contributed by atoms with Gasteiger partial charge in [0.25, 0.3) is 5.69 Å². The lowest BCUT2D eigenvalue weighted by Gasteiger charge is -2.24. The number of aromatic nitrogens is 2. The third-order valence-electron chi connectivity index (χ3n) is 4.83. The number of benzene rings is 1. The summed E-state index contributed by atoms with van der Waals surface area (Å²) in [6.45, 7) is 2.94. The summed E-state index contributed by atoms with van der Waals surface area (Å²) in [7, 11) is 0. The van der Waals surface area contributed by atoms with Crippen molar-refractivity contribution >= 4 is 33.9 Å². The van der Waals surface area contributed by atoms with Crippen molar-refractivity contribution in [3.05, 3.63) is 45.1 Å². The van der Waals surface area contributed by atoms with Crippen LogP contribution < -0.4 is 0 Å². The van der Waals surface area contributed by atoms with Gasteiger partial charge < -0.3 is 14.4 Å². The maximum absolute atomic E-state index is 11.6. The Labute approximate surface area is 158 Å². The summed E-state index contributed by atoms with van der Waals surface area (Å²) < 4.78 is 7.36. The summed E-state index contributed by atoms with van der Waals surface area (Å²) in [6.07, 6.45) is 3.23. The number of hydrogen-bond acceptors (Lipinski definition) is 6. The van der Waals surface area contributed by atoms with Crippen molar-refractivity contribution in [1.82, 2.24) is 9.55 Å². The van der Waals surface area contributed by atoms with Crippen LogP contribution in [0.1, 0.15) is 34.2 Å². The van der Waals surface area contributed by atoms with Crippen LogP contribution >= 0.6 is 11.3 Å². The van der Waals surface area contributed by atoms with Gasteiger partial charge in [-0.3, -0.25) is 10.1 Å². The zero-order chi connectivity index (χ0) is 19.1. The van der Waals surface area contributed by atoms with E-state index in [2.05, 4.69) is 4.98 Å². The summed E-state index contributed by atoms with van der Waals surface area (Å²) >= 11 is 1.07. The van der Waals surface area contributed by atoms with Crippen LogP contribution in [0.25, 0.3) is 21.5 Å². The number of aryl methyl sites for hydroxylation is 1. The Kier molecular flexibility index (Phi) is 4.40. The molecular formula is C18H17N3O5S. The minimum Gasteiger partial charge on any atom is -0.477 e. The molecule has 8 nitrogen and oxygen atoms in total. The number of carbonyl (C=O) groups is 1. The smallest absolute Gasteiger partial charge is 0.347 e.